The van der Waals surface area contributed by atoms with Gasteiger partial charge in [0.25, 0.3) is 0 Å². The highest BCUT2D eigenvalue weighted by molar-refractivity contribution is 5.84. The second-order valence-corrected chi connectivity index (χ2v) is 3.66. The van der Waals surface area contributed by atoms with E-state index >= 15 is 0 Å². The van der Waals surface area contributed by atoms with Gasteiger partial charge >= 0.3 is 0 Å². The molecule has 0 unspecified atom stereocenters. The van der Waals surface area contributed by atoms with Gasteiger partial charge < -0.3 is 9.72 Å². The van der Waals surface area contributed by atoms with E-state index in [2.05, 4.69) is 14.7 Å². The van der Waals surface area contributed by atoms with Gasteiger partial charge in [-0.05, 0) is 32.0 Å². The monoisotopic (exact) mass is 246 g/mol. The average molecular weight is 246 g/mol. The van der Waals surface area contributed by atoms with E-state index in [9.17, 15) is 4.79 Å². The Labute approximate surface area is 107 Å². The summed E-state index contributed by atoms with van der Waals surface area (Å²) in [6, 6.07) is 7.60. The van der Waals surface area contributed by atoms with Gasteiger partial charge in [0.1, 0.15) is 0 Å². The van der Waals surface area contributed by atoms with Crippen LogP contribution in [0.15, 0.2) is 30.5 Å². The Morgan fingerprint density at radius 1 is 1.39 bits per heavy atom. The Morgan fingerprint density at radius 3 is 2.67 bits per heavy atom. The predicted octanol–water partition coefficient (Wildman–Crippen LogP) is 2.85. The van der Waals surface area contributed by atoms with E-state index in [1.165, 1.54) is 0 Å². The molecular formula is C14H18N2O2. The molecule has 18 heavy (non-hydrogen) atoms. The fraction of sp³-hybridized carbons (Fsp3) is 0.286. The van der Waals surface area contributed by atoms with Crippen molar-refractivity contribution in [3.63, 3.8) is 0 Å². The minimum Gasteiger partial charge on any atom is -0.385 e. The van der Waals surface area contributed by atoms with Crippen molar-refractivity contribution in [2.75, 3.05) is 13.7 Å². The van der Waals surface area contributed by atoms with Gasteiger partial charge in [-0.25, -0.2) is 0 Å². The number of H-pyrrole nitrogens is 1. The van der Waals surface area contributed by atoms with E-state index in [0.717, 1.165) is 29.8 Å². The maximum atomic E-state index is 10.7. The van der Waals surface area contributed by atoms with Crippen molar-refractivity contribution in [1.29, 1.82) is 0 Å². The van der Waals surface area contributed by atoms with Crippen molar-refractivity contribution in [2.45, 2.75) is 13.8 Å². The highest BCUT2D eigenvalue weighted by atomic mass is 16.5. The van der Waals surface area contributed by atoms with E-state index in [4.69, 9.17) is 0 Å². The van der Waals surface area contributed by atoms with Crippen LogP contribution in [0.4, 0.5) is 0 Å². The van der Waals surface area contributed by atoms with Crippen LogP contribution in [-0.4, -0.2) is 30.0 Å². The van der Waals surface area contributed by atoms with Crippen LogP contribution in [0.5, 0.6) is 0 Å². The van der Waals surface area contributed by atoms with Gasteiger partial charge in [0, 0.05) is 31.2 Å². The summed E-state index contributed by atoms with van der Waals surface area (Å²) in [4.78, 5) is 17.9. The molecule has 2 aromatic rings. The van der Waals surface area contributed by atoms with E-state index in [1.807, 2.05) is 38.1 Å². The zero-order valence-corrected chi connectivity index (χ0v) is 10.9. The van der Waals surface area contributed by atoms with Crippen molar-refractivity contribution in [1.82, 2.24) is 9.97 Å². The number of hydrogen-bond acceptors (Lipinski definition) is 3. The third-order valence-corrected chi connectivity index (χ3v) is 2.35. The standard InChI is InChI=1S/C11H10N2O.C3H8O/c1-8-3-2-4-10(13-8)9-5-6-12-11(9)7-14;1-3-4-2/h2-7,12H,1H3;3H2,1-2H3. The molecule has 2 rings (SSSR count). The summed E-state index contributed by atoms with van der Waals surface area (Å²) in [6.45, 7) is 4.71. The van der Waals surface area contributed by atoms with Crippen molar-refractivity contribution in [3.8, 4) is 11.3 Å². The van der Waals surface area contributed by atoms with Gasteiger partial charge in [0.15, 0.2) is 6.29 Å². The zero-order valence-electron chi connectivity index (χ0n) is 10.9. The summed E-state index contributed by atoms with van der Waals surface area (Å²) in [5.41, 5.74) is 3.20. The maximum Gasteiger partial charge on any atom is 0.166 e. The van der Waals surface area contributed by atoms with E-state index in [0.29, 0.717) is 5.69 Å². The molecule has 0 fully saturated rings. The molecule has 0 aliphatic rings. The lowest BCUT2D eigenvalue weighted by Gasteiger charge is -1.99. The molecule has 1 N–H and O–H groups in total. The molecule has 0 saturated heterocycles. The van der Waals surface area contributed by atoms with E-state index in [-0.39, 0.29) is 0 Å². The second kappa shape index (κ2) is 7.40. The number of aromatic amines is 1. The minimum atomic E-state index is 0.572. The molecule has 2 aromatic heterocycles. The molecule has 4 nitrogen and oxygen atoms in total. The molecule has 0 atom stereocenters. The molecule has 0 aliphatic heterocycles. The van der Waals surface area contributed by atoms with Crippen LogP contribution in [0.3, 0.4) is 0 Å². The Bertz CT molecular complexity index is 490. The molecule has 0 spiro atoms. The number of pyridine rings is 1. The Kier molecular flexibility index (Phi) is 5.80. The third-order valence-electron chi connectivity index (χ3n) is 2.35. The summed E-state index contributed by atoms with van der Waals surface area (Å²) in [5.74, 6) is 0. The van der Waals surface area contributed by atoms with Crippen LogP contribution in [0.25, 0.3) is 11.3 Å². The van der Waals surface area contributed by atoms with Crippen LogP contribution in [0.2, 0.25) is 0 Å². The number of methoxy groups -OCH3 is 1. The number of aromatic nitrogens is 2. The molecule has 0 aliphatic carbocycles. The zero-order chi connectivity index (χ0) is 13.4. The first-order valence-corrected chi connectivity index (χ1v) is 5.78. The van der Waals surface area contributed by atoms with Gasteiger partial charge in [-0.15, -0.1) is 0 Å². The second-order valence-electron chi connectivity index (χ2n) is 3.66. The third kappa shape index (κ3) is 3.82. The number of ether oxygens (including phenoxy) is 1. The number of nitrogens with one attached hydrogen (secondary N) is 1. The van der Waals surface area contributed by atoms with Crippen LogP contribution >= 0.6 is 0 Å². The van der Waals surface area contributed by atoms with Gasteiger partial charge in [0.2, 0.25) is 0 Å². The summed E-state index contributed by atoms with van der Waals surface area (Å²) in [6.07, 6.45) is 2.54. The average Bonchev–Trinajstić information content (AvgIpc) is 2.87. The van der Waals surface area contributed by atoms with Crippen LogP contribution in [0, 0.1) is 6.92 Å². The van der Waals surface area contributed by atoms with Crippen LogP contribution < -0.4 is 0 Å². The number of carbonyl (C=O) groups excluding carboxylic acids is 1. The molecular weight excluding hydrogens is 228 g/mol. The van der Waals surface area contributed by atoms with Crippen molar-refractivity contribution < 1.29 is 9.53 Å². The lowest BCUT2D eigenvalue weighted by molar-refractivity contribution is 0.112. The first-order chi connectivity index (χ1) is 8.72. The van der Waals surface area contributed by atoms with Gasteiger partial charge in [0.05, 0.1) is 11.4 Å². The number of aldehydes is 1. The largest absolute Gasteiger partial charge is 0.385 e. The number of carbonyl (C=O) groups is 1. The van der Waals surface area contributed by atoms with Gasteiger partial charge in [-0.1, -0.05) is 6.07 Å². The van der Waals surface area contributed by atoms with E-state index < -0.39 is 0 Å². The Morgan fingerprint density at radius 2 is 2.11 bits per heavy atom. The highest BCUT2D eigenvalue weighted by Gasteiger charge is 2.05. The van der Waals surface area contributed by atoms with Crippen molar-refractivity contribution >= 4 is 6.29 Å². The van der Waals surface area contributed by atoms with Gasteiger partial charge in [-0.3, -0.25) is 9.78 Å². The molecule has 2 heterocycles. The molecule has 0 saturated carbocycles. The topological polar surface area (TPSA) is 55.0 Å². The quantitative estimate of drug-likeness (QED) is 0.847. The smallest absolute Gasteiger partial charge is 0.166 e. The van der Waals surface area contributed by atoms with Crippen molar-refractivity contribution in [3.05, 3.63) is 41.9 Å². The number of nitrogens with zero attached hydrogens (tertiary/aromatic N) is 1. The molecule has 0 amide bonds. The fourth-order valence-corrected chi connectivity index (χ4v) is 1.40. The van der Waals surface area contributed by atoms with Crippen LogP contribution in [-0.2, 0) is 4.74 Å². The van der Waals surface area contributed by atoms with Crippen LogP contribution in [0.1, 0.15) is 23.1 Å². The summed E-state index contributed by atoms with van der Waals surface area (Å²) in [5, 5.41) is 0. The highest BCUT2D eigenvalue weighted by Crippen LogP contribution is 2.19. The fourth-order valence-electron chi connectivity index (χ4n) is 1.40. The van der Waals surface area contributed by atoms with E-state index in [1.54, 1.807) is 13.3 Å². The minimum absolute atomic E-state index is 0.572. The Balaban J connectivity index is 0.000000357. The first kappa shape index (κ1) is 14.1. The van der Waals surface area contributed by atoms with Crippen molar-refractivity contribution in [2.24, 2.45) is 0 Å². The molecule has 0 aromatic carbocycles. The van der Waals surface area contributed by atoms with Gasteiger partial charge in [-0.2, -0.15) is 0 Å². The number of rotatable bonds is 3. The SMILES string of the molecule is CCOC.Cc1cccc(-c2cc[nH]c2C=O)n1. The lowest BCUT2D eigenvalue weighted by Crippen LogP contribution is -1.88. The molecule has 96 valence electrons. The lowest BCUT2D eigenvalue weighted by atomic mass is 10.1. The Hall–Kier alpha value is -1.94. The predicted molar refractivity (Wildman–Crippen MR) is 71.7 cm³/mol. The number of aryl methyl sites for hydroxylation is 1. The summed E-state index contributed by atoms with van der Waals surface area (Å²) >= 11 is 0. The maximum absolute atomic E-state index is 10.7. The molecule has 4 heteroatoms. The number of hydrogen-bond donors (Lipinski definition) is 1. The first-order valence-electron chi connectivity index (χ1n) is 5.78. The summed E-state index contributed by atoms with van der Waals surface area (Å²) in [7, 11) is 1.68. The summed E-state index contributed by atoms with van der Waals surface area (Å²) < 4.78 is 4.54. The molecule has 0 radical (unpaired) electrons. The normalized spacial score (nSPS) is 9.50. The molecule has 0 bridgehead atoms.